The molecular weight excluding hydrogens is 150 g/mol. The van der Waals surface area contributed by atoms with E-state index in [1.807, 2.05) is 7.05 Å². The molecule has 0 bridgehead atoms. The summed E-state index contributed by atoms with van der Waals surface area (Å²) in [5.74, 6) is 0.689. The summed E-state index contributed by atoms with van der Waals surface area (Å²) >= 11 is 0. The topological polar surface area (TPSA) is 21.3 Å². The summed E-state index contributed by atoms with van der Waals surface area (Å²) in [5, 5.41) is 3.25. The van der Waals surface area contributed by atoms with E-state index in [1.165, 1.54) is 0 Å². The molecule has 2 heteroatoms. The monoisotopic (exact) mass is 173 g/mol. The Bertz CT molecular complexity index is 104. The number of nitrogens with one attached hydrogen (secondary N) is 1. The highest BCUT2D eigenvalue weighted by Crippen LogP contribution is 2.07. The van der Waals surface area contributed by atoms with E-state index in [0.717, 1.165) is 13.0 Å². The Hall–Kier alpha value is -0.0800. The lowest BCUT2D eigenvalue weighted by atomic mass is 10.0. The fraction of sp³-hybridized carbons (Fsp3) is 1.00. The van der Waals surface area contributed by atoms with Gasteiger partial charge in [-0.15, -0.1) is 0 Å². The lowest BCUT2D eigenvalue weighted by molar-refractivity contribution is 0.0672. The van der Waals surface area contributed by atoms with E-state index in [0.29, 0.717) is 18.1 Å². The standard InChI is InChI=1S/C10H23NO/c1-8(2)12-7-6-9(3)10(4)11-5/h8-11H,6-7H2,1-5H3. The molecule has 0 aromatic carbocycles. The van der Waals surface area contributed by atoms with Gasteiger partial charge in [-0.2, -0.15) is 0 Å². The Balaban J connectivity index is 3.37. The van der Waals surface area contributed by atoms with Crippen LogP contribution in [-0.4, -0.2) is 25.8 Å². The van der Waals surface area contributed by atoms with Crippen LogP contribution in [0.1, 0.15) is 34.1 Å². The molecule has 0 aliphatic heterocycles. The van der Waals surface area contributed by atoms with Gasteiger partial charge < -0.3 is 10.1 Å². The van der Waals surface area contributed by atoms with Gasteiger partial charge in [-0.3, -0.25) is 0 Å². The van der Waals surface area contributed by atoms with Crippen LogP contribution < -0.4 is 5.32 Å². The van der Waals surface area contributed by atoms with Crippen LogP contribution in [0.2, 0.25) is 0 Å². The summed E-state index contributed by atoms with van der Waals surface area (Å²) in [6, 6.07) is 0.584. The summed E-state index contributed by atoms with van der Waals surface area (Å²) < 4.78 is 5.48. The molecule has 0 amide bonds. The fourth-order valence-electron chi connectivity index (χ4n) is 1.02. The van der Waals surface area contributed by atoms with E-state index in [9.17, 15) is 0 Å². The smallest absolute Gasteiger partial charge is 0.0518 e. The van der Waals surface area contributed by atoms with Crippen LogP contribution >= 0.6 is 0 Å². The van der Waals surface area contributed by atoms with Gasteiger partial charge >= 0.3 is 0 Å². The molecule has 74 valence electrons. The molecule has 1 N–H and O–H groups in total. The van der Waals surface area contributed by atoms with Crippen molar-refractivity contribution in [2.24, 2.45) is 5.92 Å². The highest BCUT2D eigenvalue weighted by molar-refractivity contribution is 4.65. The number of hydrogen-bond acceptors (Lipinski definition) is 2. The molecule has 0 spiro atoms. The first-order valence-electron chi connectivity index (χ1n) is 4.86. The summed E-state index contributed by atoms with van der Waals surface area (Å²) in [5.41, 5.74) is 0. The van der Waals surface area contributed by atoms with Gasteiger partial charge in [0.1, 0.15) is 0 Å². The largest absolute Gasteiger partial charge is 0.379 e. The van der Waals surface area contributed by atoms with Crippen molar-refractivity contribution in [2.75, 3.05) is 13.7 Å². The van der Waals surface area contributed by atoms with Crippen LogP contribution in [0.4, 0.5) is 0 Å². The van der Waals surface area contributed by atoms with E-state index >= 15 is 0 Å². The molecule has 0 aromatic rings. The molecule has 0 aromatic heterocycles. The maximum absolute atomic E-state index is 5.48. The Kier molecular flexibility index (Phi) is 6.39. The number of rotatable bonds is 6. The summed E-state index contributed by atoms with van der Waals surface area (Å²) in [4.78, 5) is 0. The van der Waals surface area contributed by atoms with Gasteiger partial charge in [0.2, 0.25) is 0 Å². The Morgan fingerprint density at radius 1 is 1.17 bits per heavy atom. The van der Waals surface area contributed by atoms with Crippen LogP contribution in [-0.2, 0) is 4.74 Å². The first-order valence-corrected chi connectivity index (χ1v) is 4.86. The molecule has 0 aliphatic rings. The second kappa shape index (κ2) is 6.44. The number of hydrogen-bond donors (Lipinski definition) is 1. The Morgan fingerprint density at radius 2 is 1.75 bits per heavy atom. The highest BCUT2D eigenvalue weighted by atomic mass is 16.5. The van der Waals surface area contributed by atoms with Crippen molar-refractivity contribution in [3.05, 3.63) is 0 Å². The lowest BCUT2D eigenvalue weighted by Gasteiger charge is -2.19. The van der Waals surface area contributed by atoms with E-state index in [1.54, 1.807) is 0 Å². The third kappa shape index (κ3) is 5.56. The van der Waals surface area contributed by atoms with Crippen LogP contribution in [0.25, 0.3) is 0 Å². The van der Waals surface area contributed by atoms with Crippen LogP contribution in [0, 0.1) is 5.92 Å². The van der Waals surface area contributed by atoms with Crippen molar-refractivity contribution in [1.82, 2.24) is 5.32 Å². The summed E-state index contributed by atoms with van der Waals surface area (Å²) in [7, 11) is 2.00. The zero-order valence-electron chi connectivity index (χ0n) is 9.05. The Morgan fingerprint density at radius 3 is 2.17 bits per heavy atom. The minimum absolute atomic E-state index is 0.363. The van der Waals surface area contributed by atoms with E-state index in [-0.39, 0.29) is 0 Å². The van der Waals surface area contributed by atoms with Gasteiger partial charge in [0.25, 0.3) is 0 Å². The van der Waals surface area contributed by atoms with Gasteiger partial charge in [0, 0.05) is 12.6 Å². The first kappa shape index (κ1) is 11.9. The Labute approximate surface area is 76.7 Å². The molecule has 0 saturated heterocycles. The zero-order chi connectivity index (χ0) is 9.56. The average molecular weight is 173 g/mol. The maximum Gasteiger partial charge on any atom is 0.0518 e. The van der Waals surface area contributed by atoms with Crippen molar-refractivity contribution in [1.29, 1.82) is 0 Å². The van der Waals surface area contributed by atoms with Crippen LogP contribution in [0.3, 0.4) is 0 Å². The van der Waals surface area contributed by atoms with Crippen molar-refractivity contribution in [3.63, 3.8) is 0 Å². The van der Waals surface area contributed by atoms with Crippen molar-refractivity contribution < 1.29 is 4.74 Å². The molecule has 0 rings (SSSR count). The molecule has 0 fully saturated rings. The first-order chi connectivity index (χ1) is 5.57. The third-order valence-corrected chi connectivity index (χ3v) is 2.33. The van der Waals surface area contributed by atoms with Gasteiger partial charge in [-0.05, 0) is 40.2 Å². The van der Waals surface area contributed by atoms with Crippen molar-refractivity contribution in [3.8, 4) is 0 Å². The predicted octanol–water partition coefficient (Wildman–Crippen LogP) is 2.05. The average Bonchev–Trinajstić information content (AvgIpc) is 2.02. The minimum atomic E-state index is 0.363. The molecule has 0 heterocycles. The second-order valence-electron chi connectivity index (χ2n) is 3.76. The zero-order valence-corrected chi connectivity index (χ0v) is 9.05. The molecule has 12 heavy (non-hydrogen) atoms. The van der Waals surface area contributed by atoms with Gasteiger partial charge in [-0.25, -0.2) is 0 Å². The summed E-state index contributed by atoms with van der Waals surface area (Å²) in [6.07, 6.45) is 1.50. The van der Waals surface area contributed by atoms with Crippen molar-refractivity contribution in [2.45, 2.75) is 46.3 Å². The highest BCUT2D eigenvalue weighted by Gasteiger charge is 2.09. The molecule has 2 nitrogen and oxygen atoms in total. The van der Waals surface area contributed by atoms with E-state index < -0.39 is 0 Å². The van der Waals surface area contributed by atoms with Gasteiger partial charge in [-0.1, -0.05) is 6.92 Å². The fourth-order valence-corrected chi connectivity index (χ4v) is 1.02. The van der Waals surface area contributed by atoms with Gasteiger partial charge in [0.15, 0.2) is 0 Å². The molecule has 0 saturated carbocycles. The normalized spacial score (nSPS) is 16.5. The SMILES string of the molecule is CNC(C)C(C)CCOC(C)C. The minimum Gasteiger partial charge on any atom is -0.379 e. The number of ether oxygens (including phenoxy) is 1. The van der Waals surface area contributed by atoms with Crippen LogP contribution in [0.5, 0.6) is 0 Å². The van der Waals surface area contributed by atoms with E-state index in [4.69, 9.17) is 4.74 Å². The van der Waals surface area contributed by atoms with Gasteiger partial charge in [0.05, 0.1) is 6.10 Å². The predicted molar refractivity (Wildman–Crippen MR) is 53.4 cm³/mol. The summed E-state index contributed by atoms with van der Waals surface area (Å²) in [6.45, 7) is 9.49. The molecular formula is C10H23NO. The lowest BCUT2D eigenvalue weighted by Crippen LogP contribution is -2.29. The molecule has 0 aliphatic carbocycles. The van der Waals surface area contributed by atoms with E-state index in [2.05, 4.69) is 33.0 Å². The van der Waals surface area contributed by atoms with Crippen molar-refractivity contribution >= 4 is 0 Å². The molecule has 0 radical (unpaired) electrons. The maximum atomic E-state index is 5.48. The molecule has 2 atom stereocenters. The third-order valence-electron chi connectivity index (χ3n) is 2.33. The quantitative estimate of drug-likeness (QED) is 0.663. The van der Waals surface area contributed by atoms with Crippen LogP contribution in [0.15, 0.2) is 0 Å². The molecule has 2 unspecified atom stereocenters. The second-order valence-corrected chi connectivity index (χ2v) is 3.76.